The molecule has 0 unspecified atom stereocenters. The maximum absolute atomic E-state index is 12.0. The number of aromatic amines is 1. The highest BCUT2D eigenvalue weighted by Crippen LogP contribution is 2.43. The largest absolute Gasteiger partial charge is 0.383 e. The van der Waals surface area contributed by atoms with E-state index in [4.69, 9.17) is 10.5 Å². The van der Waals surface area contributed by atoms with Crippen molar-refractivity contribution in [3.05, 3.63) is 20.8 Å². The molecule has 0 radical (unpaired) electrons. The van der Waals surface area contributed by atoms with E-state index in [2.05, 4.69) is 17.2 Å². The molecule has 1 aliphatic rings. The van der Waals surface area contributed by atoms with Crippen LogP contribution in [-0.2, 0) is 11.3 Å². The van der Waals surface area contributed by atoms with Crippen LogP contribution in [0.2, 0.25) is 0 Å². The average molecular weight is 296 g/mol. The summed E-state index contributed by atoms with van der Waals surface area (Å²) in [6.07, 6.45) is 4.63. The van der Waals surface area contributed by atoms with Crippen LogP contribution in [0.15, 0.2) is 9.59 Å². The molecule has 0 atom stereocenters. The summed E-state index contributed by atoms with van der Waals surface area (Å²) < 4.78 is 6.28. The smallest absolute Gasteiger partial charge is 0.330 e. The van der Waals surface area contributed by atoms with Crippen molar-refractivity contribution in [3.63, 3.8) is 0 Å². The molecular formula is C14H24N4O3. The van der Waals surface area contributed by atoms with E-state index in [9.17, 15) is 9.59 Å². The first-order valence-electron chi connectivity index (χ1n) is 7.38. The van der Waals surface area contributed by atoms with Gasteiger partial charge in [0.05, 0.1) is 13.2 Å². The summed E-state index contributed by atoms with van der Waals surface area (Å²) in [4.78, 5) is 26.0. The van der Waals surface area contributed by atoms with Crippen LogP contribution in [0, 0.1) is 5.41 Å². The molecule has 0 aromatic carbocycles. The predicted molar refractivity (Wildman–Crippen MR) is 82.7 cm³/mol. The topological polar surface area (TPSA) is 102 Å². The molecule has 7 heteroatoms. The molecular weight excluding hydrogens is 272 g/mol. The minimum atomic E-state index is -0.506. The number of nitrogens with one attached hydrogen (secondary N) is 2. The molecule has 0 amide bonds. The zero-order valence-corrected chi connectivity index (χ0v) is 12.7. The van der Waals surface area contributed by atoms with Gasteiger partial charge in [-0.25, -0.2) is 4.79 Å². The Hall–Kier alpha value is -1.76. The van der Waals surface area contributed by atoms with E-state index < -0.39 is 11.2 Å². The number of hydrogen-bond donors (Lipinski definition) is 3. The van der Waals surface area contributed by atoms with Gasteiger partial charge in [0.1, 0.15) is 11.5 Å². The lowest BCUT2D eigenvalue weighted by molar-refractivity contribution is 0.145. The number of aromatic nitrogens is 2. The van der Waals surface area contributed by atoms with Gasteiger partial charge in [-0.05, 0) is 24.7 Å². The van der Waals surface area contributed by atoms with Gasteiger partial charge in [0.2, 0.25) is 0 Å². The maximum atomic E-state index is 12.0. The molecule has 1 saturated carbocycles. The Morgan fingerprint density at radius 3 is 2.67 bits per heavy atom. The number of anilines is 2. The highest BCUT2D eigenvalue weighted by Gasteiger charge is 2.35. The lowest BCUT2D eigenvalue weighted by Crippen LogP contribution is -2.39. The summed E-state index contributed by atoms with van der Waals surface area (Å²) >= 11 is 0. The second-order valence-electron chi connectivity index (χ2n) is 5.72. The van der Waals surface area contributed by atoms with Crippen molar-refractivity contribution >= 4 is 11.5 Å². The molecule has 2 rings (SSSR count). The third kappa shape index (κ3) is 3.12. The fourth-order valence-electron chi connectivity index (χ4n) is 2.77. The Morgan fingerprint density at radius 2 is 2.14 bits per heavy atom. The molecule has 0 aliphatic heterocycles. The number of methoxy groups -OCH3 is 1. The van der Waals surface area contributed by atoms with Crippen molar-refractivity contribution < 1.29 is 4.74 Å². The zero-order chi connectivity index (χ0) is 15.5. The quantitative estimate of drug-likeness (QED) is 0.689. The summed E-state index contributed by atoms with van der Waals surface area (Å²) in [6.45, 7) is 3.53. The third-order valence-corrected chi connectivity index (χ3v) is 4.56. The van der Waals surface area contributed by atoms with Gasteiger partial charge < -0.3 is 15.8 Å². The minimum Gasteiger partial charge on any atom is -0.383 e. The van der Waals surface area contributed by atoms with E-state index in [0.29, 0.717) is 19.7 Å². The number of H-pyrrole nitrogens is 1. The van der Waals surface area contributed by atoms with Crippen molar-refractivity contribution in [3.8, 4) is 0 Å². The zero-order valence-electron chi connectivity index (χ0n) is 12.7. The van der Waals surface area contributed by atoms with Crippen LogP contribution in [-0.4, -0.2) is 29.8 Å². The van der Waals surface area contributed by atoms with E-state index in [0.717, 1.165) is 19.3 Å². The Balaban J connectivity index is 2.22. The molecule has 7 nitrogen and oxygen atoms in total. The van der Waals surface area contributed by atoms with Gasteiger partial charge in [-0.3, -0.25) is 14.3 Å². The number of nitrogens with two attached hydrogens (primary N) is 1. The minimum absolute atomic E-state index is 0.173. The molecule has 1 aromatic rings. The monoisotopic (exact) mass is 296 g/mol. The molecule has 4 N–H and O–H groups in total. The standard InChI is InChI=1S/C14H24N4O3/c1-3-14(5-4-6-14)9-16-10-11(15)18(7-8-21-2)13(20)17-12(10)19/h16H,3-9,15H2,1-2H3,(H,17,19,20). The lowest BCUT2D eigenvalue weighted by atomic mass is 9.67. The lowest BCUT2D eigenvalue weighted by Gasteiger charge is -2.41. The van der Waals surface area contributed by atoms with E-state index in [1.807, 2.05) is 0 Å². The Kier molecular flexibility index (Phi) is 4.72. The summed E-state index contributed by atoms with van der Waals surface area (Å²) in [5.74, 6) is 0.173. The van der Waals surface area contributed by atoms with Gasteiger partial charge in [-0.1, -0.05) is 13.3 Å². The first-order chi connectivity index (χ1) is 10.0. The first kappa shape index (κ1) is 15.6. The molecule has 0 bridgehead atoms. The van der Waals surface area contributed by atoms with E-state index in [-0.39, 0.29) is 16.9 Å². The fourth-order valence-corrected chi connectivity index (χ4v) is 2.77. The maximum Gasteiger partial charge on any atom is 0.330 e. The van der Waals surface area contributed by atoms with Crippen LogP contribution in [0.1, 0.15) is 32.6 Å². The summed E-state index contributed by atoms with van der Waals surface area (Å²) in [6, 6.07) is 0. The second-order valence-corrected chi connectivity index (χ2v) is 5.72. The van der Waals surface area contributed by atoms with E-state index in [1.54, 1.807) is 7.11 Å². The van der Waals surface area contributed by atoms with E-state index in [1.165, 1.54) is 11.0 Å². The molecule has 1 fully saturated rings. The van der Waals surface area contributed by atoms with Crippen molar-refractivity contribution in [2.45, 2.75) is 39.2 Å². The number of nitrogen functional groups attached to an aromatic ring is 1. The van der Waals surface area contributed by atoms with Gasteiger partial charge in [-0.2, -0.15) is 0 Å². The van der Waals surface area contributed by atoms with Gasteiger partial charge >= 0.3 is 5.69 Å². The van der Waals surface area contributed by atoms with Gasteiger partial charge in [0.25, 0.3) is 5.56 Å². The van der Waals surface area contributed by atoms with Crippen LogP contribution in [0.3, 0.4) is 0 Å². The van der Waals surface area contributed by atoms with Crippen LogP contribution in [0.25, 0.3) is 0 Å². The van der Waals surface area contributed by atoms with Gasteiger partial charge in [0, 0.05) is 13.7 Å². The Labute approximate surface area is 123 Å². The molecule has 0 saturated heterocycles. The number of rotatable bonds is 7. The van der Waals surface area contributed by atoms with Crippen LogP contribution in [0.4, 0.5) is 11.5 Å². The van der Waals surface area contributed by atoms with Gasteiger partial charge in [0.15, 0.2) is 0 Å². The molecule has 21 heavy (non-hydrogen) atoms. The van der Waals surface area contributed by atoms with Gasteiger partial charge in [-0.15, -0.1) is 0 Å². The van der Waals surface area contributed by atoms with Crippen molar-refractivity contribution in [2.75, 3.05) is 31.3 Å². The SMILES string of the molecule is CCC1(CNc2c(N)n(CCOC)c(=O)[nH]c2=O)CCC1. The van der Waals surface area contributed by atoms with Crippen LogP contribution < -0.4 is 22.3 Å². The molecule has 1 aromatic heterocycles. The average Bonchev–Trinajstić information content (AvgIpc) is 2.40. The van der Waals surface area contributed by atoms with Crippen molar-refractivity contribution in [2.24, 2.45) is 5.41 Å². The number of hydrogen-bond acceptors (Lipinski definition) is 5. The highest BCUT2D eigenvalue weighted by molar-refractivity contribution is 5.60. The molecule has 1 heterocycles. The summed E-state index contributed by atoms with van der Waals surface area (Å²) in [5, 5.41) is 3.15. The Bertz CT molecular complexity index is 596. The Morgan fingerprint density at radius 1 is 1.43 bits per heavy atom. The predicted octanol–water partition coefficient (Wildman–Crippen LogP) is 0.757. The normalized spacial score (nSPS) is 16.5. The van der Waals surface area contributed by atoms with E-state index >= 15 is 0 Å². The van der Waals surface area contributed by atoms with Crippen LogP contribution >= 0.6 is 0 Å². The number of ether oxygens (including phenoxy) is 1. The van der Waals surface area contributed by atoms with Crippen molar-refractivity contribution in [1.82, 2.24) is 9.55 Å². The summed E-state index contributed by atoms with van der Waals surface area (Å²) in [5.41, 5.74) is 5.55. The molecule has 118 valence electrons. The number of nitrogens with zero attached hydrogens (tertiary/aromatic N) is 1. The third-order valence-electron chi connectivity index (χ3n) is 4.56. The van der Waals surface area contributed by atoms with Crippen molar-refractivity contribution in [1.29, 1.82) is 0 Å². The highest BCUT2D eigenvalue weighted by atomic mass is 16.5. The summed E-state index contributed by atoms with van der Waals surface area (Å²) in [7, 11) is 1.55. The molecule has 1 aliphatic carbocycles. The van der Waals surface area contributed by atoms with Crippen LogP contribution in [0.5, 0.6) is 0 Å². The molecule has 0 spiro atoms. The fraction of sp³-hybridized carbons (Fsp3) is 0.714. The second kappa shape index (κ2) is 6.34. The first-order valence-corrected chi connectivity index (χ1v) is 7.38.